The van der Waals surface area contributed by atoms with Gasteiger partial charge in [-0.05, 0) is 58.8 Å². The van der Waals surface area contributed by atoms with Crippen molar-refractivity contribution in [1.29, 1.82) is 5.26 Å². The molecule has 29 heavy (non-hydrogen) atoms. The standard InChI is InChI=1S/C20H15BrClFN2O4/c1-2-28-18(26)11-29-19-14(21)8-12(9-15(19)22)7-13(10-24)20(27)25-17-6-4-3-5-16(17)23/h3-9H,2,11H2,1H3,(H,25,27)/b13-7-. The van der Waals surface area contributed by atoms with Crippen LogP contribution in [0.25, 0.3) is 6.08 Å². The average molecular weight is 482 g/mol. The van der Waals surface area contributed by atoms with E-state index in [1.165, 1.54) is 30.3 Å². The third kappa shape index (κ3) is 6.31. The molecule has 0 fully saturated rings. The third-order valence-electron chi connectivity index (χ3n) is 3.46. The minimum absolute atomic E-state index is 0.0411. The van der Waals surface area contributed by atoms with Crippen LogP contribution in [0.15, 0.2) is 46.4 Å². The quantitative estimate of drug-likeness (QED) is 0.351. The number of rotatable bonds is 7. The van der Waals surface area contributed by atoms with Gasteiger partial charge in [0.1, 0.15) is 17.5 Å². The number of carbonyl (C=O) groups is 2. The summed E-state index contributed by atoms with van der Waals surface area (Å²) in [5, 5.41) is 11.8. The van der Waals surface area contributed by atoms with E-state index in [1.54, 1.807) is 25.1 Å². The number of benzene rings is 2. The molecule has 0 heterocycles. The van der Waals surface area contributed by atoms with E-state index in [9.17, 15) is 19.2 Å². The van der Waals surface area contributed by atoms with Crippen LogP contribution >= 0.6 is 27.5 Å². The van der Waals surface area contributed by atoms with Crippen LogP contribution in [0.1, 0.15) is 12.5 Å². The number of nitrogens with one attached hydrogen (secondary N) is 1. The van der Waals surface area contributed by atoms with Crippen molar-refractivity contribution in [3.63, 3.8) is 0 Å². The van der Waals surface area contributed by atoms with Gasteiger partial charge in [0.05, 0.1) is 21.8 Å². The Morgan fingerprint density at radius 3 is 2.69 bits per heavy atom. The Morgan fingerprint density at radius 1 is 1.34 bits per heavy atom. The number of nitrogens with zero attached hydrogens (tertiary/aromatic N) is 1. The number of nitriles is 1. The van der Waals surface area contributed by atoms with Crippen LogP contribution in [0.2, 0.25) is 5.02 Å². The molecule has 0 saturated heterocycles. The molecule has 0 atom stereocenters. The number of anilines is 1. The molecule has 0 saturated carbocycles. The lowest BCUT2D eigenvalue weighted by molar-refractivity contribution is -0.145. The zero-order valence-electron chi connectivity index (χ0n) is 15.2. The van der Waals surface area contributed by atoms with E-state index in [2.05, 4.69) is 21.2 Å². The fourth-order valence-corrected chi connectivity index (χ4v) is 3.19. The van der Waals surface area contributed by atoms with Crippen molar-refractivity contribution in [2.24, 2.45) is 0 Å². The highest BCUT2D eigenvalue weighted by molar-refractivity contribution is 9.10. The summed E-state index contributed by atoms with van der Waals surface area (Å²) in [7, 11) is 0. The zero-order chi connectivity index (χ0) is 21.4. The van der Waals surface area contributed by atoms with Gasteiger partial charge in [-0.2, -0.15) is 5.26 Å². The molecule has 2 aromatic rings. The molecule has 0 radical (unpaired) electrons. The van der Waals surface area contributed by atoms with E-state index in [0.717, 1.165) is 0 Å². The van der Waals surface area contributed by atoms with Gasteiger partial charge in [-0.15, -0.1) is 0 Å². The van der Waals surface area contributed by atoms with Crippen LogP contribution in [0.4, 0.5) is 10.1 Å². The highest BCUT2D eigenvalue weighted by atomic mass is 79.9. The molecule has 1 amide bonds. The van der Waals surface area contributed by atoms with E-state index < -0.39 is 17.7 Å². The molecule has 2 aromatic carbocycles. The first kappa shape index (κ1) is 22.4. The van der Waals surface area contributed by atoms with Gasteiger partial charge in [0.2, 0.25) is 0 Å². The van der Waals surface area contributed by atoms with E-state index in [0.29, 0.717) is 10.0 Å². The topological polar surface area (TPSA) is 88.4 Å². The minimum Gasteiger partial charge on any atom is -0.479 e. The number of carbonyl (C=O) groups excluding carboxylic acids is 2. The van der Waals surface area contributed by atoms with Gasteiger partial charge in [0.15, 0.2) is 12.4 Å². The smallest absolute Gasteiger partial charge is 0.344 e. The highest BCUT2D eigenvalue weighted by Crippen LogP contribution is 2.35. The fourth-order valence-electron chi connectivity index (χ4n) is 2.20. The normalized spacial score (nSPS) is 10.8. The summed E-state index contributed by atoms with van der Waals surface area (Å²) >= 11 is 9.46. The van der Waals surface area contributed by atoms with Crippen LogP contribution < -0.4 is 10.1 Å². The predicted molar refractivity (Wildman–Crippen MR) is 110 cm³/mol. The van der Waals surface area contributed by atoms with E-state index in [1.807, 2.05) is 0 Å². The van der Waals surface area contributed by atoms with Crippen LogP contribution in [-0.4, -0.2) is 25.1 Å². The molecule has 9 heteroatoms. The number of halogens is 3. The highest BCUT2D eigenvalue weighted by Gasteiger charge is 2.15. The Labute approximate surface area is 180 Å². The molecule has 6 nitrogen and oxygen atoms in total. The lowest BCUT2D eigenvalue weighted by Gasteiger charge is -2.11. The van der Waals surface area contributed by atoms with E-state index >= 15 is 0 Å². The minimum atomic E-state index is -0.771. The summed E-state index contributed by atoms with van der Waals surface area (Å²) in [5.74, 6) is -1.72. The zero-order valence-corrected chi connectivity index (χ0v) is 17.5. The molecule has 2 rings (SSSR count). The second-order valence-corrected chi connectivity index (χ2v) is 6.77. The Hall–Kier alpha value is -2.89. The second-order valence-electron chi connectivity index (χ2n) is 5.51. The van der Waals surface area contributed by atoms with Crippen LogP contribution in [0.5, 0.6) is 5.75 Å². The van der Waals surface area contributed by atoms with Crippen LogP contribution in [-0.2, 0) is 14.3 Å². The van der Waals surface area contributed by atoms with Crippen molar-refractivity contribution in [2.45, 2.75) is 6.92 Å². The number of esters is 1. The SMILES string of the molecule is CCOC(=O)COc1c(Cl)cc(/C=C(/C#N)C(=O)Nc2ccccc2F)cc1Br. The van der Waals surface area contributed by atoms with Crippen molar-refractivity contribution in [3.8, 4) is 11.8 Å². The Bertz CT molecular complexity index is 981. The summed E-state index contributed by atoms with van der Waals surface area (Å²) < 4.78 is 24.2. The van der Waals surface area contributed by atoms with Crippen molar-refractivity contribution >= 4 is 51.2 Å². The summed E-state index contributed by atoms with van der Waals surface area (Å²) in [6.45, 7) is 1.58. The lowest BCUT2D eigenvalue weighted by Crippen LogP contribution is -2.15. The third-order valence-corrected chi connectivity index (χ3v) is 4.33. The molecule has 150 valence electrons. The van der Waals surface area contributed by atoms with Gasteiger partial charge >= 0.3 is 5.97 Å². The number of para-hydroxylation sites is 1. The number of ether oxygens (including phenoxy) is 2. The van der Waals surface area contributed by atoms with E-state index in [-0.39, 0.29) is 35.2 Å². The molecule has 0 spiro atoms. The molecule has 0 bridgehead atoms. The lowest BCUT2D eigenvalue weighted by atomic mass is 10.1. The molecule has 1 N–H and O–H groups in total. The largest absolute Gasteiger partial charge is 0.479 e. The van der Waals surface area contributed by atoms with Gasteiger partial charge in [0, 0.05) is 0 Å². The molecule has 0 unspecified atom stereocenters. The van der Waals surface area contributed by atoms with Crippen molar-refractivity contribution < 1.29 is 23.5 Å². The maximum absolute atomic E-state index is 13.7. The van der Waals surface area contributed by atoms with E-state index in [4.69, 9.17) is 21.1 Å². The molecule has 0 aliphatic rings. The molecule has 0 aliphatic heterocycles. The van der Waals surface area contributed by atoms with Gasteiger partial charge < -0.3 is 14.8 Å². The average Bonchev–Trinajstić information content (AvgIpc) is 2.67. The summed E-state index contributed by atoms with van der Waals surface area (Å²) in [6.07, 6.45) is 1.29. The first-order valence-corrected chi connectivity index (χ1v) is 9.48. The predicted octanol–water partition coefficient (Wildman–Crippen LogP) is 4.73. The van der Waals surface area contributed by atoms with Gasteiger partial charge in [-0.25, -0.2) is 9.18 Å². The number of hydrogen-bond donors (Lipinski definition) is 1. The van der Waals surface area contributed by atoms with Crippen molar-refractivity contribution in [2.75, 3.05) is 18.5 Å². The molecule has 0 aliphatic carbocycles. The monoisotopic (exact) mass is 480 g/mol. The first-order valence-electron chi connectivity index (χ1n) is 8.30. The fraction of sp³-hybridized carbons (Fsp3) is 0.150. The number of amides is 1. The molecular formula is C20H15BrClFN2O4. The second kappa shape index (κ2) is 10.6. The maximum atomic E-state index is 13.7. The van der Waals surface area contributed by atoms with Crippen molar-refractivity contribution in [3.05, 3.63) is 62.8 Å². The summed E-state index contributed by atoms with van der Waals surface area (Å²) in [6, 6.07) is 10.4. The summed E-state index contributed by atoms with van der Waals surface area (Å²) in [5.41, 5.74) is 0.127. The molecular weight excluding hydrogens is 467 g/mol. The Morgan fingerprint density at radius 2 is 2.07 bits per heavy atom. The van der Waals surface area contributed by atoms with Gasteiger partial charge in [0.25, 0.3) is 5.91 Å². The summed E-state index contributed by atoms with van der Waals surface area (Å²) in [4.78, 5) is 23.7. The maximum Gasteiger partial charge on any atom is 0.344 e. The van der Waals surface area contributed by atoms with Crippen LogP contribution in [0.3, 0.4) is 0 Å². The van der Waals surface area contributed by atoms with Crippen molar-refractivity contribution in [1.82, 2.24) is 0 Å². The van der Waals surface area contributed by atoms with Gasteiger partial charge in [-0.3, -0.25) is 4.79 Å². The Kier molecular flexibility index (Phi) is 8.19. The first-order chi connectivity index (χ1) is 13.8. The number of hydrogen-bond acceptors (Lipinski definition) is 5. The Balaban J connectivity index is 2.21. The van der Waals surface area contributed by atoms with Gasteiger partial charge in [-0.1, -0.05) is 23.7 Å². The van der Waals surface area contributed by atoms with Crippen LogP contribution in [0, 0.1) is 17.1 Å². The molecule has 0 aromatic heterocycles.